The number of nitrogen functional groups attached to an aromatic ring is 1. The molecule has 3 aliphatic rings. The third kappa shape index (κ3) is 4.03. The Morgan fingerprint density at radius 3 is 2.42 bits per heavy atom. The number of hydrogen-bond acceptors (Lipinski definition) is 5. The molecule has 3 unspecified atom stereocenters. The van der Waals surface area contributed by atoms with Gasteiger partial charge in [-0.05, 0) is 64.6 Å². The van der Waals surface area contributed by atoms with E-state index >= 15 is 0 Å². The minimum absolute atomic E-state index is 0.132. The van der Waals surface area contributed by atoms with E-state index in [0.29, 0.717) is 41.1 Å². The van der Waals surface area contributed by atoms with Crippen molar-refractivity contribution in [1.29, 1.82) is 0 Å². The van der Waals surface area contributed by atoms with Crippen molar-refractivity contribution in [1.82, 2.24) is 24.6 Å². The zero-order chi connectivity index (χ0) is 23.7. The molecular weight excluding hydrogens is 429 g/mol. The SMILES string of the molecule is CC1CN(C)CCN1C1C[C@@H]2C(c3cc(-c4cnc(N)c(C(F)(F)F)c4)nn3C(C)C)[C@@H]2C1. The summed E-state index contributed by atoms with van der Waals surface area (Å²) in [5.74, 6) is 1.21. The first kappa shape index (κ1) is 22.7. The third-order valence-electron chi connectivity index (χ3n) is 7.89. The van der Waals surface area contributed by atoms with Crippen molar-refractivity contribution in [2.24, 2.45) is 11.8 Å². The predicted octanol–water partition coefficient (Wildman–Crippen LogP) is 4.25. The number of halogens is 3. The van der Waals surface area contributed by atoms with Gasteiger partial charge in [0.2, 0.25) is 0 Å². The zero-order valence-corrected chi connectivity index (χ0v) is 19.7. The van der Waals surface area contributed by atoms with Crippen LogP contribution in [-0.2, 0) is 6.18 Å². The van der Waals surface area contributed by atoms with E-state index in [1.54, 1.807) is 0 Å². The first-order valence-electron chi connectivity index (χ1n) is 11.9. The molecule has 0 aromatic carbocycles. The monoisotopic (exact) mass is 462 g/mol. The van der Waals surface area contributed by atoms with E-state index in [9.17, 15) is 13.2 Å². The minimum atomic E-state index is -4.54. The van der Waals surface area contributed by atoms with Crippen LogP contribution in [0.25, 0.3) is 11.3 Å². The maximum absolute atomic E-state index is 13.3. The van der Waals surface area contributed by atoms with E-state index < -0.39 is 17.6 Å². The molecule has 2 aromatic rings. The molecule has 1 aliphatic heterocycles. The average molecular weight is 463 g/mol. The van der Waals surface area contributed by atoms with Gasteiger partial charge in [-0.1, -0.05) is 0 Å². The quantitative estimate of drug-likeness (QED) is 0.736. The normalized spacial score (nSPS) is 30.7. The van der Waals surface area contributed by atoms with Crippen LogP contribution in [-0.4, -0.2) is 63.3 Å². The highest BCUT2D eigenvalue weighted by atomic mass is 19.4. The van der Waals surface area contributed by atoms with Gasteiger partial charge in [-0.25, -0.2) is 4.98 Å². The van der Waals surface area contributed by atoms with Gasteiger partial charge in [0, 0.05) is 61.1 Å². The Kier molecular flexibility index (Phi) is 5.47. The molecule has 5 rings (SSSR count). The fourth-order valence-corrected chi connectivity index (χ4v) is 6.27. The van der Waals surface area contributed by atoms with Crippen LogP contribution in [0.3, 0.4) is 0 Å². The first-order chi connectivity index (χ1) is 15.5. The van der Waals surface area contributed by atoms with Gasteiger partial charge >= 0.3 is 6.18 Å². The Bertz CT molecular complexity index is 1020. The van der Waals surface area contributed by atoms with Crippen LogP contribution in [0.4, 0.5) is 19.0 Å². The molecule has 6 nitrogen and oxygen atoms in total. The number of aromatic nitrogens is 3. The second kappa shape index (κ2) is 7.98. The molecule has 0 amide bonds. The number of likely N-dealkylation sites (N-methyl/N-ethyl adjacent to an activating group) is 1. The molecule has 2 saturated carbocycles. The minimum Gasteiger partial charge on any atom is -0.383 e. The van der Waals surface area contributed by atoms with Crippen molar-refractivity contribution in [3.63, 3.8) is 0 Å². The predicted molar refractivity (Wildman–Crippen MR) is 122 cm³/mol. The van der Waals surface area contributed by atoms with Crippen LogP contribution in [0.15, 0.2) is 18.3 Å². The van der Waals surface area contributed by atoms with E-state index in [4.69, 9.17) is 10.8 Å². The number of rotatable bonds is 4. The topological polar surface area (TPSA) is 63.2 Å². The largest absolute Gasteiger partial charge is 0.419 e. The molecule has 1 saturated heterocycles. The molecule has 2 N–H and O–H groups in total. The lowest BCUT2D eigenvalue weighted by Crippen LogP contribution is -2.54. The highest BCUT2D eigenvalue weighted by Gasteiger charge is 2.59. The van der Waals surface area contributed by atoms with Crippen LogP contribution >= 0.6 is 0 Å². The first-order valence-corrected chi connectivity index (χ1v) is 11.9. The third-order valence-corrected chi connectivity index (χ3v) is 7.89. The number of nitrogens with two attached hydrogens (primary N) is 1. The summed E-state index contributed by atoms with van der Waals surface area (Å²) >= 11 is 0. The fraction of sp³-hybridized carbons (Fsp3) is 0.667. The number of fused-ring (bicyclic) bond motifs is 1. The summed E-state index contributed by atoms with van der Waals surface area (Å²) < 4.78 is 42.0. The van der Waals surface area contributed by atoms with Crippen molar-refractivity contribution >= 4 is 5.82 Å². The molecule has 2 aliphatic carbocycles. The molecule has 0 radical (unpaired) electrons. The smallest absolute Gasteiger partial charge is 0.383 e. The average Bonchev–Trinajstić information content (AvgIpc) is 3.07. The molecular formula is C24H33F3N6. The zero-order valence-electron chi connectivity index (χ0n) is 19.7. The van der Waals surface area contributed by atoms with E-state index in [2.05, 4.69) is 42.6 Å². The van der Waals surface area contributed by atoms with Crippen molar-refractivity contribution in [3.05, 3.63) is 29.6 Å². The van der Waals surface area contributed by atoms with Crippen LogP contribution in [0.5, 0.6) is 0 Å². The standard InChI is InChI=1S/C24H33F3N6/c1-13(2)33-21(10-20(30-33)15-7-19(24(25,26)27)23(28)29-11-15)22-17-8-16(9-18(17)22)32-6-5-31(4)12-14(32)3/h7,10-11,13-14,16-18,22H,5-6,8-9,12H2,1-4H3,(H2,28,29)/t14?,16?,17-,18+,22?. The van der Waals surface area contributed by atoms with Crippen molar-refractivity contribution in [3.8, 4) is 11.3 Å². The molecule has 0 spiro atoms. The van der Waals surface area contributed by atoms with Gasteiger partial charge in [0.15, 0.2) is 0 Å². The number of anilines is 1. The van der Waals surface area contributed by atoms with E-state index in [-0.39, 0.29) is 6.04 Å². The van der Waals surface area contributed by atoms with Crippen molar-refractivity contribution < 1.29 is 13.2 Å². The molecule has 5 atom stereocenters. The van der Waals surface area contributed by atoms with Crippen molar-refractivity contribution in [2.45, 2.75) is 63.8 Å². The van der Waals surface area contributed by atoms with Gasteiger partial charge in [0.1, 0.15) is 5.82 Å². The lowest BCUT2D eigenvalue weighted by molar-refractivity contribution is -0.137. The van der Waals surface area contributed by atoms with Gasteiger partial charge in [0.25, 0.3) is 0 Å². The number of piperazine rings is 1. The number of pyridine rings is 1. The van der Waals surface area contributed by atoms with Crippen LogP contribution in [0.1, 0.15) is 56.8 Å². The lowest BCUT2D eigenvalue weighted by Gasteiger charge is -2.42. The Balaban J connectivity index is 1.36. The Hall–Kier alpha value is -2.13. The summed E-state index contributed by atoms with van der Waals surface area (Å²) in [5.41, 5.74) is 6.61. The Morgan fingerprint density at radius 1 is 1.12 bits per heavy atom. The van der Waals surface area contributed by atoms with Crippen molar-refractivity contribution in [2.75, 3.05) is 32.4 Å². The maximum atomic E-state index is 13.3. The number of hydrogen-bond donors (Lipinski definition) is 1. The second-order valence-electron chi connectivity index (χ2n) is 10.5. The molecule has 3 heterocycles. The van der Waals surface area contributed by atoms with Gasteiger partial charge in [-0.15, -0.1) is 0 Å². The molecule has 2 aromatic heterocycles. The molecule has 0 bridgehead atoms. The van der Waals surface area contributed by atoms with Gasteiger partial charge in [-0.2, -0.15) is 18.3 Å². The maximum Gasteiger partial charge on any atom is 0.419 e. The highest BCUT2D eigenvalue weighted by molar-refractivity contribution is 5.63. The Labute approximate surface area is 192 Å². The number of alkyl halides is 3. The summed E-state index contributed by atoms with van der Waals surface area (Å²) in [5, 5.41) is 4.70. The molecule has 180 valence electrons. The highest BCUT2D eigenvalue weighted by Crippen LogP contribution is 2.64. The summed E-state index contributed by atoms with van der Waals surface area (Å²) in [6.45, 7) is 9.83. The summed E-state index contributed by atoms with van der Waals surface area (Å²) in [4.78, 5) is 8.89. The van der Waals surface area contributed by atoms with E-state index in [1.807, 2.05) is 10.7 Å². The summed E-state index contributed by atoms with van der Waals surface area (Å²) in [7, 11) is 2.19. The Morgan fingerprint density at radius 2 is 1.82 bits per heavy atom. The van der Waals surface area contributed by atoms with Crippen LogP contribution in [0, 0.1) is 11.8 Å². The summed E-state index contributed by atoms with van der Waals surface area (Å²) in [6, 6.07) is 4.40. The van der Waals surface area contributed by atoms with Crippen LogP contribution in [0.2, 0.25) is 0 Å². The molecule has 33 heavy (non-hydrogen) atoms. The van der Waals surface area contributed by atoms with Gasteiger partial charge in [0.05, 0.1) is 11.3 Å². The molecule has 3 fully saturated rings. The number of nitrogens with zero attached hydrogens (tertiary/aromatic N) is 5. The second-order valence-corrected chi connectivity index (χ2v) is 10.5. The van der Waals surface area contributed by atoms with E-state index in [0.717, 1.165) is 31.4 Å². The van der Waals surface area contributed by atoms with Gasteiger partial charge < -0.3 is 10.6 Å². The lowest BCUT2D eigenvalue weighted by atomic mass is 10.00. The van der Waals surface area contributed by atoms with Gasteiger partial charge in [-0.3, -0.25) is 9.58 Å². The molecule has 9 heteroatoms. The fourth-order valence-electron chi connectivity index (χ4n) is 6.27. The van der Waals surface area contributed by atoms with E-state index in [1.165, 1.54) is 19.0 Å². The van der Waals surface area contributed by atoms with Crippen LogP contribution < -0.4 is 5.73 Å². The summed E-state index contributed by atoms with van der Waals surface area (Å²) in [6.07, 6.45) is -0.757.